The van der Waals surface area contributed by atoms with E-state index in [1.54, 1.807) is 6.20 Å². The monoisotopic (exact) mass is 274 g/mol. The van der Waals surface area contributed by atoms with Gasteiger partial charge in [-0.3, -0.25) is 9.78 Å². The van der Waals surface area contributed by atoms with Crippen LogP contribution in [-0.4, -0.2) is 15.9 Å². The molecule has 0 spiro atoms. The number of aromatic nitrogens is 2. The van der Waals surface area contributed by atoms with Gasteiger partial charge < -0.3 is 15.5 Å². The molecule has 0 saturated carbocycles. The van der Waals surface area contributed by atoms with E-state index in [4.69, 9.17) is 10.2 Å². The van der Waals surface area contributed by atoms with Crippen molar-refractivity contribution >= 4 is 5.91 Å². The molecule has 6 heteroatoms. The Morgan fingerprint density at radius 1 is 1.45 bits per heavy atom. The van der Waals surface area contributed by atoms with Crippen molar-refractivity contribution in [3.63, 3.8) is 0 Å². The highest BCUT2D eigenvalue weighted by Gasteiger charge is 2.19. The number of oxazole rings is 1. The molecule has 0 aliphatic carbocycles. The van der Waals surface area contributed by atoms with Crippen LogP contribution in [0.1, 0.15) is 42.0 Å². The number of carbonyl (C=O) groups excluding carboxylic acids is 1. The summed E-state index contributed by atoms with van der Waals surface area (Å²) in [6.07, 6.45) is 3.00. The average molecular weight is 274 g/mol. The maximum absolute atomic E-state index is 11.9. The van der Waals surface area contributed by atoms with Crippen LogP contribution in [0.25, 0.3) is 0 Å². The van der Waals surface area contributed by atoms with Crippen molar-refractivity contribution < 1.29 is 9.21 Å². The number of carbonyl (C=O) groups is 1. The summed E-state index contributed by atoms with van der Waals surface area (Å²) in [7, 11) is 0. The first-order valence-corrected chi connectivity index (χ1v) is 6.47. The van der Waals surface area contributed by atoms with Gasteiger partial charge in [0.1, 0.15) is 6.26 Å². The van der Waals surface area contributed by atoms with Gasteiger partial charge in [-0.25, -0.2) is 4.98 Å². The minimum absolute atomic E-state index is 0.193. The van der Waals surface area contributed by atoms with Gasteiger partial charge in [-0.2, -0.15) is 0 Å². The van der Waals surface area contributed by atoms with Crippen LogP contribution in [-0.2, 0) is 6.54 Å². The summed E-state index contributed by atoms with van der Waals surface area (Å²) in [4.78, 5) is 20.2. The summed E-state index contributed by atoms with van der Waals surface area (Å²) in [6.45, 7) is 4.28. The van der Waals surface area contributed by atoms with E-state index in [-0.39, 0.29) is 23.6 Å². The summed E-state index contributed by atoms with van der Waals surface area (Å²) >= 11 is 0. The fourth-order valence-electron chi connectivity index (χ4n) is 1.59. The highest BCUT2D eigenvalue weighted by atomic mass is 16.3. The Balaban J connectivity index is 1.96. The van der Waals surface area contributed by atoms with Crippen LogP contribution in [0.5, 0.6) is 0 Å². The second kappa shape index (κ2) is 6.29. The molecule has 0 aromatic carbocycles. The number of hydrogen-bond donors (Lipinski definition) is 2. The van der Waals surface area contributed by atoms with Crippen LogP contribution < -0.4 is 11.1 Å². The molecule has 1 amide bonds. The molecule has 2 heterocycles. The first kappa shape index (κ1) is 14.2. The molecule has 0 saturated heterocycles. The maximum atomic E-state index is 11.9. The Morgan fingerprint density at radius 2 is 2.25 bits per heavy atom. The second-order valence-electron chi connectivity index (χ2n) is 4.84. The van der Waals surface area contributed by atoms with Crippen LogP contribution in [0.15, 0.2) is 35.1 Å². The average Bonchev–Trinajstić information content (AvgIpc) is 2.94. The standard InChI is InChI=1S/C14H18N4O2/c1-9(2)12(15)14-18-11(8-20-14)13(19)17-7-10-5-3-4-6-16-10/h3-6,8-9,12H,7,15H2,1-2H3,(H,17,19). The van der Waals surface area contributed by atoms with E-state index in [0.29, 0.717) is 12.4 Å². The van der Waals surface area contributed by atoms with Crippen LogP contribution in [0.4, 0.5) is 0 Å². The van der Waals surface area contributed by atoms with Gasteiger partial charge >= 0.3 is 0 Å². The molecule has 20 heavy (non-hydrogen) atoms. The molecule has 0 aliphatic heterocycles. The van der Waals surface area contributed by atoms with Crippen LogP contribution in [0.2, 0.25) is 0 Å². The van der Waals surface area contributed by atoms with Gasteiger partial charge in [0.15, 0.2) is 5.69 Å². The molecule has 3 N–H and O–H groups in total. The molecule has 0 fully saturated rings. The lowest BCUT2D eigenvalue weighted by Gasteiger charge is -2.10. The normalized spacial score (nSPS) is 12.4. The number of nitrogens with zero attached hydrogens (tertiary/aromatic N) is 2. The molecule has 6 nitrogen and oxygen atoms in total. The van der Waals surface area contributed by atoms with Crippen LogP contribution in [0, 0.1) is 5.92 Å². The van der Waals surface area contributed by atoms with Gasteiger partial charge in [0.05, 0.1) is 18.3 Å². The lowest BCUT2D eigenvalue weighted by molar-refractivity contribution is 0.0945. The summed E-state index contributed by atoms with van der Waals surface area (Å²) in [5, 5.41) is 2.73. The van der Waals surface area contributed by atoms with E-state index in [1.165, 1.54) is 6.26 Å². The molecular weight excluding hydrogens is 256 g/mol. The van der Waals surface area contributed by atoms with Crippen molar-refractivity contribution in [2.75, 3.05) is 0 Å². The zero-order valence-corrected chi connectivity index (χ0v) is 11.5. The van der Waals surface area contributed by atoms with E-state index in [9.17, 15) is 4.79 Å². The second-order valence-corrected chi connectivity index (χ2v) is 4.84. The van der Waals surface area contributed by atoms with Gasteiger partial charge in [0.25, 0.3) is 5.91 Å². The van der Waals surface area contributed by atoms with E-state index in [2.05, 4.69) is 15.3 Å². The zero-order valence-electron chi connectivity index (χ0n) is 11.5. The highest BCUT2D eigenvalue weighted by molar-refractivity contribution is 5.91. The predicted octanol–water partition coefficient (Wildman–Crippen LogP) is 1.66. The molecular formula is C14H18N4O2. The number of nitrogens with two attached hydrogens (primary N) is 1. The van der Waals surface area contributed by atoms with Crippen molar-refractivity contribution in [1.82, 2.24) is 15.3 Å². The molecule has 0 bridgehead atoms. The number of amides is 1. The number of rotatable bonds is 5. The van der Waals surface area contributed by atoms with E-state index < -0.39 is 0 Å². The third-order valence-electron chi connectivity index (χ3n) is 2.91. The lowest BCUT2D eigenvalue weighted by Crippen LogP contribution is -2.24. The van der Waals surface area contributed by atoms with Crippen molar-refractivity contribution in [2.24, 2.45) is 11.7 Å². The third kappa shape index (κ3) is 3.42. The van der Waals surface area contributed by atoms with Gasteiger partial charge in [0, 0.05) is 6.20 Å². The number of nitrogens with one attached hydrogen (secondary N) is 1. The van der Waals surface area contributed by atoms with Gasteiger partial charge in [-0.05, 0) is 18.1 Å². The summed E-state index contributed by atoms with van der Waals surface area (Å²) in [5.74, 6) is 0.266. The predicted molar refractivity (Wildman–Crippen MR) is 73.7 cm³/mol. The number of hydrogen-bond acceptors (Lipinski definition) is 5. The van der Waals surface area contributed by atoms with Crippen molar-refractivity contribution in [3.05, 3.63) is 47.9 Å². The topological polar surface area (TPSA) is 94.0 Å². The fourth-order valence-corrected chi connectivity index (χ4v) is 1.59. The molecule has 2 rings (SSSR count). The van der Waals surface area contributed by atoms with E-state index in [0.717, 1.165) is 5.69 Å². The summed E-state index contributed by atoms with van der Waals surface area (Å²) in [5.41, 5.74) is 6.93. The third-order valence-corrected chi connectivity index (χ3v) is 2.91. The van der Waals surface area contributed by atoms with Crippen molar-refractivity contribution in [3.8, 4) is 0 Å². The van der Waals surface area contributed by atoms with Crippen LogP contribution in [0.3, 0.4) is 0 Å². The SMILES string of the molecule is CC(C)C(N)c1nc(C(=O)NCc2ccccn2)co1. The molecule has 0 radical (unpaired) electrons. The fraction of sp³-hybridized carbons (Fsp3) is 0.357. The Morgan fingerprint density at radius 3 is 2.90 bits per heavy atom. The Labute approximate surface area is 117 Å². The van der Waals surface area contributed by atoms with Crippen LogP contribution >= 0.6 is 0 Å². The van der Waals surface area contributed by atoms with Crippen molar-refractivity contribution in [2.45, 2.75) is 26.4 Å². The minimum atomic E-state index is -0.313. The van der Waals surface area contributed by atoms with E-state index in [1.807, 2.05) is 32.0 Å². The van der Waals surface area contributed by atoms with E-state index >= 15 is 0 Å². The largest absolute Gasteiger partial charge is 0.446 e. The molecule has 2 aromatic rings. The summed E-state index contributed by atoms with van der Waals surface area (Å²) < 4.78 is 5.25. The molecule has 1 atom stereocenters. The number of pyridine rings is 1. The Bertz CT molecular complexity index is 566. The minimum Gasteiger partial charge on any atom is -0.446 e. The highest BCUT2D eigenvalue weighted by Crippen LogP contribution is 2.17. The molecule has 1 unspecified atom stereocenters. The Kier molecular flexibility index (Phi) is 4.47. The molecule has 2 aromatic heterocycles. The van der Waals surface area contributed by atoms with Crippen molar-refractivity contribution in [1.29, 1.82) is 0 Å². The molecule has 106 valence electrons. The van der Waals surface area contributed by atoms with Gasteiger partial charge in [0.2, 0.25) is 5.89 Å². The maximum Gasteiger partial charge on any atom is 0.273 e. The first-order valence-electron chi connectivity index (χ1n) is 6.47. The summed E-state index contributed by atoms with van der Waals surface area (Å²) in [6, 6.07) is 5.21. The smallest absolute Gasteiger partial charge is 0.273 e. The lowest BCUT2D eigenvalue weighted by atomic mass is 10.1. The quantitative estimate of drug-likeness (QED) is 0.864. The van der Waals surface area contributed by atoms with Gasteiger partial charge in [-0.1, -0.05) is 19.9 Å². The Hall–Kier alpha value is -2.21. The molecule has 0 aliphatic rings. The van der Waals surface area contributed by atoms with Gasteiger partial charge in [-0.15, -0.1) is 0 Å². The first-order chi connectivity index (χ1) is 9.58. The zero-order chi connectivity index (χ0) is 14.5.